The van der Waals surface area contributed by atoms with Crippen LogP contribution in [0.15, 0.2) is 70.7 Å². The molecular formula is C22H22N2O. The lowest BCUT2D eigenvalue weighted by atomic mass is 10.0. The van der Waals surface area contributed by atoms with Crippen molar-refractivity contribution in [2.45, 2.75) is 27.2 Å². The first-order chi connectivity index (χ1) is 12.2. The minimum Gasteiger partial charge on any atom is -0.417 e. The van der Waals surface area contributed by atoms with Gasteiger partial charge < -0.3 is 4.42 Å². The van der Waals surface area contributed by atoms with Crippen LogP contribution in [0.4, 0.5) is 0 Å². The predicted molar refractivity (Wildman–Crippen MR) is 104 cm³/mol. The molecule has 0 N–H and O–H groups in total. The number of hydrogen-bond acceptors (Lipinski definition) is 3. The van der Waals surface area contributed by atoms with E-state index in [0.29, 0.717) is 11.8 Å². The van der Waals surface area contributed by atoms with Crippen LogP contribution in [0.25, 0.3) is 17.2 Å². The fraction of sp³-hybridized carbons (Fsp3) is 0.182. The topological polar surface area (TPSA) is 38.9 Å². The first kappa shape index (κ1) is 16.9. The average molecular weight is 330 g/mol. The highest BCUT2D eigenvalue weighted by Gasteiger charge is 2.14. The Labute approximate surface area is 148 Å². The monoisotopic (exact) mass is 330 g/mol. The number of nitrogens with zero attached hydrogens (tertiary/aromatic N) is 2. The lowest BCUT2D eigenvalue weighted by molar-refractivity contribution is 0.522. The third-order valence-electron chi connectivity index (χ3n) is 4.07. The number of allylic oxidation sites excluding steroid dienone is 9. The summed E-state index contributed by atoms with van der Waals surface area (Å²) in [5, 5.41) is 8.45. The quantitative estimate of drug-likeness (QED) is 0.680. The van der Waals surface area contributed by atoms with Crippen molar-refractivity contribution >= 4 is 17.2 Å². The Balaban J connectivity index is 1.82. The third kappa shape index (κ3) is 4.13. The molecule has 0 radical (unpaired) electrons. The van der Waals surface area contributed by atoms with Gasteiger partial charge in [-0.25, -0.2) is 0 Å². The Morgan fingerprint density at radius 3 is 2.80 bits per heavy atom. The van der Waals surface area contributed by atoms with Gasteiger partial charge in [-0.2, -0.15) is 0 Å². The lowest BCUT2D eigenvalue weighted by Gasteiger charge is -2.04. The summed E-state index contributed by atoms with van der Waals surface area (Å²) in [4.78, 5) is 0. The van der Waals surface area contributed by atoms with Crippen LogP contribution in [0.5, 0.6) is 0 Å². The van der Waals surface area contributed by atoms with Crippen LogP contribution in [0, 0.1) is 0 Å². The fourth-order valence-corrected chi connectivity index (χ4v) is 2.70. The van der Waals surface area contributed by atoms with E-state index in [1.165, 1.54) is 16.7 Å². The van der Waals surface area contributed by atoms with Crippen molar-refractivity contribution in [2.75, 3.05) is 0 Å². The highest BCUT2D eigenvalue weighted by molar-refractivity contribution is 5.71. The van der Waals surface area contributed by atoms with E-state index < -0.39 is 0 Å². The van der Waals surface area contributed by atoms with Crippen molar-refractivity contribution in [1.82, 2.24) is 10.2 Å². The zero-order valence-corrected chi connectivity index (χ0v) is 14.9. The summed E-state index contributed by atoms with van der Waals surface area (Å²) < 4.78 is 5.91. The van der Waals surface area contributed by atoms with Crippen LogP contribution in [-0.4, -0.2) is 10.2 Å². The predicted octanol–water partition coefficient (Wildman–Crippen LogP) is 5.65. The van der Waals surface area contributed by atoms with E-state index in [2.05, 4.69) is 53.5 Å². The molecule has 1 aliphatic rings. The summed E-state index contributed by atoms with van der Waals surface area (Å²) in [6.07, 6.45) is 15.1. The first-order valence-electron chi connectivity index (χ1n) is 8.44. The molecule has 0 fully saturated rings. The van der Waals surface area contributed by atoms with Gasteiger partial charge in [-0.3, -0.25) is 0 Å². The number of hydrogen-bond donors (Lipinski definition) is 0. The molecule has 0 saturated carbocycles. The van der Waals surface area contributed by atoms with Gasteiger partial charge in [0.05, 0.1) is 0 Å². The summed E-state index contributed by atoms with van der Waals surface area (Å²) in [5.74, 6) is 1.14. The zero-order chi connectivity index (χ0) is 17.6. The van der Waals surface area contributed by atoms with E-state index in [1.807, 2.05) is 44.2 Å². The van der Waals surface area contributed by atoms with Gasteiger partial charge >= 0.3 is 0 Å². The van der Waals surface area contributed by atoms with Gasteiger partial charge in [0.15, 0.2) is 0 Å². The van der Waals surface area contributed by atoms with E-state index in [1.54, 1.807) is 0 Å². The van der Waals surface area contributed by atoms with Crippen molar-refractivity contribution in [3.8, 4) is 0 Å². The van der Waals surface area contributed by atoms with Gasteiger partial charge in [0.25, 0.3) is 0 Å². The summed E-state index contributed by atoms with van der Waals surface area (Å²) in [7, 11) is 0. The second-order valence-electron chi connectivity index (χ2n) is 6.10. The maximum atomic E-state index is 5.91. The second kappa shape index (κ2) is 7.75. The molecule has 1 aliphatic carbocycles. The van der Waals surface area contributed by atoms with E-state index in [4.69, 9.17) is 4.42 Å². The van der Waals surface area contributed by atoms with Crippen LogP contribution in [0.3, 0.4) is 0 Å². The zero-order valence-electron chi connectivity index (χ0n) is 14.9. The number of aromatic nitrogens is 2. The SMILES string of the molecule is CC=C/C(C)=C\C=C(/C)c1nnc(C2=CC=Cc3ccccc3C2)o1. The van der Waals surface area contributed by atoms with E-state index in [-0.39, 0.29) is 0 Å². The van der Waals surface area contributed by atoms with Gasteiger partial charge in [0.2, 0.25) is 11.8 Å². The summed E-state index contributed by atoms with van der Waals surface area (Å²) >= 11 is 0. The largest absolute Gasteiger partial charge is 0.417 e. The summed E-state index contributed by atoms with van der Waals surface area (Å²) in [5.41, 5.74) is 5.66. The molecule has 2 aromatic rings. The molecule has 0 saturated heterocycles. The number of benzene rings is 1. The smallest absolute Gasteiger partial charge is 0.244 e. The summed E-state index contributed by atoms with van der Waals surface area (Å²) in [6, 6.07) is 8.36. The van der Waals surface area contributed by atoms with Crippen LogP contribution in [0.2, 0.25) is 0 Å². The number of fused-ring (bicyclic) bond motifs is 1. The van der Waals surface area contributed by atoms with Gasteiger partial charge in [-0.05, 0) is 31.9 Å². The Hall–Kier alpha value is -2.94. The molecule has 1 heterocycles. The molecule has 0 spiro atoms. The molecule has 0 amide bonds. The van der Waals surface area contributed by atoms with Crippen LogP contribution < -0.4 is 0 Å². The Bertz CT molecular complexity index is 908. The van der Waals surface area contributed by atoms with Gasteiger partial charge in [0, 0.05) is 17.6 Å². The minimum absolute atomic E-state index is 0.557. The molecule has 3 heteroatoms. The van der Waals surface area contributed by atoms with E-state index >= 15 is 0 Å². The van der Waals surface area contributed by atoms with Crippen molar-refractivity contribution in [1.29, 1.82) is 0 Å². The van der Waals surface area contributed by atoms with E-state index in [9.17, 15) is 0 Å². The standard InChI is InChI=1S/C22H22N2O/c1-4-8-16(2)13-14-17(3)21-23-24-22(25-21)20-12-7-11-18-9-5-6-10-19(18)15-20/h4-14H,15H2,1-3H3/b8-4?,16-13-,17-14+. The third-order valence-corrected chi connectivity index (χ3v) is 4.07. The Morgan fingerprint density at radius 2 is 1.96 bits per heavy atom. The molecule has 0 aliphatic heterocycles. The summed E-state index contributed by atoms with van der Waals surface area (Å²) in [6.45, 7) is 6.04. The molecule has 0 bridgehead atoms. The van der Waals surface area contributed by atoms with Crippen molar-refractivity contribution in [3.63, 3.8) is 0 Å². The van der Waals surface area contributed by atoms with Gasteiger partial charge in [-0.1, -0.05) is 72.4 Å². The second-order valence-corrected chi connectivity index (χ2v) is 6.10. The molecular weight excluding hydrogens is 308 g/mol. The van der Waals surface area contributed by atoms with Crippen LogP contribution >= 0.6 is 0 Å². The molecule has 1 aromatic heterocycles. The molecule has 1 aromatic carbocycles. The molecule has 3 nitrogen and oxygen atoms in total. The maximum absolute atomic E-state index is 5.91. The minimum atomic E-state index is 0.557. The van der Waals surface area contributed by atoms with E-state index in [0.717, 1.165) is 17.6 Å². The van der Waals surface area contributed by atoms with Crippen molar-refractivity contribution in [2.24, 2.45) is 0 Å². The molecule has 0 unspecified atom stereocenters. The van der Waals surface area contributed by atoms with Crippen molar-refractivity contribution in [3.05, 3.63) is 89.2 Å². The van der Waals surface area contributed by atoms with Crippen LogP contribution in [0.1, 0.15) is 43.7 Å². The Morgan fingerprint density at radius 1 is 1.12 bits per heavy atom. The highest BCUT2D eigenvalue weighted by Crippen LogP contribution is 2.26. The van der Waals surface area contributed by atoms with Crippen LogP contribution in [-0.2, 0) is 6.42 Å². The normalized spacial score (nSPS) is 15.2. The molecule has 0 atom stereocenters. The first-order valence-corrected chi connectivity index (χ1v) is 8.44. The highest BCUT2D eigenvalue weighted by atomic mass is 16.4. The lowest BCUT2D eigenvalue weighted by Crippen LogP contribution is -1.92. The average Bonchev–Trinajstić information content (AvgIpc) is 3.00. The maximum Gasteiger partial charge on any atom is 0.244 e. The Kier molecular flexibility index (Phi) is 5.24. The molecule has 126 valence electrons. The molecule has 3 rings (SSSR count). The van der Waals surface area contributed by atoms with Gasteiger partial charge in [0.1, 0.15) is 0 Å². The number of rotatable bonds is 4. The van der Waals surface area contributed by atoms with Crippen molar-refractivity contribution < 1.29 is 4.42 Å². The fourth-order valence-electron chi connectivity index (χ4n) is 2.70. The van der Waals surface area contributed by atoms with Gasteiger partial charge in [-0.15, -0.1) is 10.2 Å². The molecule has 25 heavy (non-hydrogen) atoms.